The van der Waals surface area contributed by atoms with E-state index in [1.165, 1.54) is 18.5 Å². The first kappa shape index (κ1) is 11.5. The summed E-state index contributed by atoms with van der Waals surface area (Å²) in [6.07, 6.45) is 4.38. The van der Waals surface area contributed by atoms with Gasteiger partial charge in [-0.1, -0.05) is 5.21 Å². The molecule has 5 nitrogen and oxygen atoms in total. The van der Waals surface area contributed by atoms with Gasteiger partial charge in [0.05, 0.1) is 11.4 Å². The second-order valence-corrected chi connectivity index (χ2v) is 4.30. The Morgan fingerprint density at radius 2 is 2.31 bits per heavy atom. The first-order valence-corrected chi connectivity index (χ1v) is 5.98. The van der Waals surface area contributed by atoms with E-state index in [2.05, 4.69) is 10.3 Å². The molecule has 16 heavy (non-hydrogen) atoms. The molecule has 1 aromatic heterocycles. The third kappa shape index (κ3) is 2.59. The van der Waals surface area contributed by atoms with Crippen molar-refractivity contribution in [3.05, 3.63) is 11.4 Å². The average Bonchev–Trinajstić information content (AvgIpc) is 3.04. The molecule has 0 spiro atoms. The molecule has 1 fully saturated rings. The number of nitrogens with two attached hydrogens (primary N) is 1. The predicted octanol–water partition coefficient (Wildman–Crippen LogP) is 0.693. The van der Waals surface area contributed by atoms with E-state index in [1.54, 1.807) is 7.11 Å². The van der Waals surface area contributed by atoms with Gasteiger partial charge in [0.2, 0.25) is 0 Å². The highest BCUT2D eigenvalue weighted by atomic mass is 16.5. The number of aromatic nitrogens is 3. The van der Waals surface area contributed by atoms with E-state index in [9.17, 15) is 0 Å². The van der Waals surface area contributed by atoms with Crippen LogP contribution in [0.5, 0.6) is 0 Å². The van der Waals surface area contributed by atoms with Crippen molar-refractivity contribution in [3.63, 3.8) is 0 Å². The van der Waals surface area contributed by atoms with E-state index in [-0.39, 0.29) is 0 Å². The predicted molar refractivity (Wildman–Crippen MR) is 61.2 cm³/mol. The van der Waals surface area contributed by atoms with Crippen molar-refractivity contribution in [2.75, 3.05) is 20.3 Å². The third-order valence-electron chi connectivity index (χ3n) is 2.91. The summed E-state index contributed by atoms with van der Waals surface area (Å²) in [5.74, 6) is 0.680. The quantitative estimate of drug-likeness (QED) is 0.692. The fraction of sp³-hybridized carbons (Fsp3) is 0.818. The van der Waals surface area contributed by atoms with Gasteiger partial charge in [-0.15, -0.1) is 5.10 Å². The monoisotopic (exact) mass is 224 g/mol. The largest absolute Gasteiger partial charge is 0.385 e. The summed E-state index contributed by atoms with van der Waals surface area (Å²) in [5, 5.41) is 8.46. The van der Waals surface area contributed by atoms with Gasteiger partial charge < -0.3 is 10.5 Å². The molecule has 1 aliphatic rings. The number of hydrogen-bond donors (Lipinski definition) is 1. The first-order chi connectivity index (χ1) is 7.86. The highest BCUT2D eigenvalue weighted by Crippen LogP contribution is 2.41. The maximum Gasteiger partial charge on any atom is 0.0874 e. The summed E-state index contributed by atoms with van der Waals surface area (Å²) in [4.78, 5) is 0. The lowest BCUT2D eigenvalue weighted by molar-refractivity contribution is 0.188. The van der Waals surface area contributed by atoms with Gasteiger partial charge in [0.15, 0.2) is 0 Å². The Hall–Kier alpha value is -0.940. The van der Waals surface area contributed by atoms with Gasteiger partial charge in [-0.05, 0) is 25.8 Å². The van der Waals surface area contributed by atoms with Gasteiger partial charge in [0.1, 0.15) is 0 Å². The molecule has 5 heteroatoms. The van der Waals surface area contributed by atoms with Crippen molar-refractivity contribution in [1.82, 2.24) is 15.0 Å². The van der Waals surface area contributed by atoms with Gasteiger partial charge in [0.25, 0.3) is 0 Å². The van der Waals surface area contributed by atoms with Crippen LogP contribution in [0.1, 0.15) is 36.6 Å². The summed E-state index contributed by atoms with van der Waals surface area (Å²) >= 11 is 0. The maximum atomic E-state index is 5.58. The summed E-state index contributed by atoms with van der Waals surface area (Å²) < 4.78 is 7.10. The minimum Gasteiger partial charge on any atom is -0.385 e. The minimum atomic E-state index is 0.649. The van der Waals surface area contributed by atoms with Crippen LogP contribution < -0.4 is 5.73 Å². The van der Waals surface area contributed by atoms with Crippen molar-refractivity contribution in [2.24, 2.45) is 5.73 Å². The molecule has 0 bridgehead atoms. The van der Waals surface area contributed by atoms with Crippen molar-refractivity contribution in [2.45, 2.75) is 38.1 Å². The molecule has 0 amide bonds. The lowest BCUT2D eigenvalue weighted by Crippen LogP contribution is -2.09. The summed E-state index contributed by atoms with van der Waals surface area (Å²) in [6, 6.07) is 0. The number of ether oxygens (including phenoxy) is 1. The first-order valence-electron chi connectivity index (χ1n) is 5.98. The fourth-order valence-electron chi connectivity index (χ4n) is 2.00. The van der Waals surface area contributed by atoms with E-state index in [1.807, 2.05) is 4.68 Å². The lowest BCUT2D eigenvalue weighted by Gasteiger charge is -2.06. The number of aryl methyl sites for hydroxylation is 1. The van der Waals surface area contributed by atoms with Crippen LogP contribution in [0.2, 0.25) is 0 Å². The second kappa shape index (κ2) is 5.41. The molecule has 2 rings (SSSR count). The van der Waals surface area contributed by atoms with Crippen LogP contribution in [0.15, 0.2) is 0 Å². The molecular weight excluding hydrogens is 204 g/mol. The molecule has 1 saturated carbocycles. The zero-order valence-electron chi connectivity index (χ0n) is 9.85. The van der Waals surface area contributed by atoms with Crippen molar-refractivity contribution in [3.8, 4) is 0 Å². The molecule has 0 radical (unpaired) electrons. The standard InChI is InChI=1S/C11H20N4O/c1-16-8-2-7-15-11(9-3-4-9)10(5-6-12)13-14-15/h9H,2-8,12H2,1H3. The highest BCUT2D eigenvalue weighted by molar-refractivity contribution is 5.20. The Balaban J connectivity index is 2.04. The van der Waals surface area contributed by atoms with Crippen molar-refractivity contribution < 1.29 is 4.74 Å². The minimum absolute atomic E-state index is 0.649. The third-order valence-corrected chi connectivity index (χ3v) is 2.91. The summed E-state index contributed by atoms with van der Waals surface area (Å²) in [7, 11) is 1.73. The van der Waals surface area contributed by atoms with Crippen LogP contribution >= 0.6 is 0 Å². The number of hydrogen-bond acceptors (Lipinski definition) is 4. The molecule has 90 valence electrons. The molecule has 0 aromatic carbocycles. The molecule has 1 heterocycles. The van der Waals surface area contributed by atoms with E-state index < -0.39 is 0 Å². The van der Waals surface area contributed by atoms with Crippen molar-refractivity contribution in [1.29, 1.82) is 0 Å². The molecule has 0 atom stereocenters. The van der Waals surface area contributed by atoms with Gasteiger partial charge in [-0.25, -0.2) is 4.68 Å². The van der Waals surface area contributed by atoms with E-state index in [4.69, 9.17) is 10.5 Å². The molecule has 1 aromatic rings. The topological polar surface area (TPSA) is 66.0 Å². The van der Waals surface area contributed by atoms with Gasteiger partial charge in [0, 0.05) is 32.6 Å². The SMILES string of the molecule is COCCCn1nnc(CCN)c1C1CC1. The zero-order valence-corrected chi connectivity index (χ0v) is 9.85. The Morgan fingerprint density at radius 3 is 2.94 bits per heavy atom. The van der Waals surface area contributed by atoms with Crippen LogP contribution in [0.3, 0.4) is 0 Å². The summed E-state index contributed by atoms with van der Waals surface area (Å²) in [6.45, 7) is 2.32. The Bertz CT molecular complexity index is 333. The van der Waals surface area contributed by atoms with Crippen LogP contribution in [0.25, 0.3) is 0 Å². The van der Waals surface area contributed by atoms with Crippen LogP contribution in [-0.2, 0) is 17.7 Å². The zero-order chi connectivity index (χ0) is 11.4. The smallest absolute Gasteiger partial charge is 0.0874 e. The van der Waals surface area contributed by atoms with Crippen LogP contribution in [-0.4, -0.2) is 35.3 Å². The normalized spacial score (nSPS) is 15.6. The molecule has 0 saturated heterocycles. The fourth-order valence-corrected chi connectivity index (χ4v) is 2.00. The van der Waals surface area contributed by atoms with E-state index >= 15 is 0 Å². The summed E-state index contributed by atoms with van der Waals surface area (Å²) in [5.41, 5.74) is 8.00. The van der Waals surface area contributed by atoms with Crippen LogP contribution in [0, 0.1) is 0 Å². The highest BCUT2D eigenvalue weighted by Gasteiger charge is 2.30. The molecule has 2 N–H and O–H groups in total. The number of rotatable bonds is 7. The second-order valence-electron chi connectivity index (χ2n) is 4.30. The Morgan fingerprint density at radius 1 is 1.50 bits per heavy atom. The Kier molecular flexibility index (Phi) is 3.90. The molecule has 1 aliphatic carbocycles. The molecule has 0 unspecified atom stereocenters. The Labute approximate surface area is 96.0 Å². The number of nitrogens with zero attached hydrogens (tertiary/aromatic N) is 3. The van der Waals surface area contributed by atoms with E-state index in [0.29, 0.717) is 12.5 Å². The van der Waals surface area contributed by atoms with Gasteiger partial charge in [-0.2, -0.15) is 0 Å². The lowest BCUT2D eigenvalue weighted by atomic mass is 10.2. The van der Waals surface area contributed by atoms with Gasteiger partial charge in [-0.3, -0.25) is 0 Å². The van der Waals surface area contributed by atoms with Gasteiger partial charge >= 0.3 is 0 Å². The van der Waals surface area contributed by atoms with Crippen LogP contribution in [0.4, 0.5) is 0 Å². The number of methoxy groups -OCH3 is 1. The van der Waals surface area contributed by atoms with E-state index in [0.717, 1.165) is 31.7 Å². The average molecular weight is 224 g/mol. The molecule has 0 aliphatic heterocycles. The molecular formula is C11H20N4O. The van der Waals surface area contributed by atoms with Crippen molar-refractivity contribution >= 4 is 0 Å². The maximum absolute atomic E-state index is 5.58.